The Morgan fingerprint density at radius 1 is 1.38 bits per heavy atom. The summed E-state index contributed by atoms with van der Waals surface area (Å²) in [6, 6.07) is 8.04. The van der Waals surface area contributed by atoms with Crippen LogP contribution in [0.3, 0.4) is 0 Å². The Morgan fingerprint density at radius 3 is 2.69 bits per heavy atom. The highest BCUT2D eigenvalue weighted by atomic mass is 79.9. The molecule has 90 valence electrons. The lowest BCUT2D eigenvalue weighted by Crippen LogP contribution is -2.32. The van der Waals surface area contributed by atoms with Crippen molar-refractivity contribution < 1.29 is 5.11 Å². The van der Waals surface area contributed by atoms with Crippen LogP contribution >= 0.6 is 15.9 Å². The van der Waals surface area contributed by atoms with Crippen molar-refractivity contribution in [3.8, 4) is 0 Å². The highest BCUT2D eigenvalue weighted by Crippen LogP contribution is 2.23. The molecule has 1 atom stereocenters. The van der Waals surface area contributed by atoms with Crippen molar-refractivity contribution in [2.75, 3.05) is 13.1 Å². The lowest BCUT2D eigenvalue weighted by Gasteiger charge is -2.24. The fourth-order valence-electron chi connectivity index (χ4n) is 1.67. The van der Waals surface area contributed by atoms with E-state index in [1.807, 2.05) is 31.2 Å². The van der Waals surface area contributed by atoms with E-state index in [1.54, 1.807) is 0 Å². The van der Waals surface area contributed by atoms with Crippen LogP contribution in [0.1, 0.15) is 25.8 Å². The van der Waals surface area contributed by atoms with E-state index >= 15 is 0 Å². The van der Waals surface area contributed by atoms with Gasteiger partial charge in [-0.1, -0.05) is 41.1 Å². The molecule has 1 aromatic rings. The summed E-state index contributed by atoms with van der Waals surface area (Å²) in [5, 5.41) is 13.5. The van der Waals surface area contributed by atoms with Crippen LogP contribution in [0.2, 0.25) is 0 Å². The van der Waals surface area contributed by atoms with E-state index in [9.17, 15) is 5.11 Å². The normalized spacial score (nSPS) is 14.8. The van der Waals surface area contributed by atoms with Crippen LogP contribution in [-0.2, 0) is 6.42 Å². The first-order valence-electron chi connectivity index (χ1n) is 5.71. The highest BCUT2D eigenvalue weighted by molar-refractivity contribution is 9.10. The van der Waals surface area contributed by atoms with Gasteiger partial charge in [-0.05, 0) is 38.1 Å². The molecule has 0 fully saturated rings. The summed E-state index contributed by atoms with van der Waals surface area (Å²) in [5.41, 5.74) is 0.510. The van der Waals surface area contributed by atoms with Crippen molar-refractivity contribution in [3.05, 3.63) is 34.3 Å². The number of benzene rings is 1. The zero-order chi connectivity index (χ0) is 12.0. The van der Waals surface area contributed by atoms with Gasteiger partial charge in [-0.15, -0.1) is 0 Å². The SMILES string of the molecule is CCNCCC(C)(O)Cc1ccccc1Br. The molecule has 0 amide bonds. The molecule has 0 aromatic heterocycles. The third kappa shape index (κ3) is 4.64. The molecule has 0 aliphatic heterocycles. The molecule has 2 nitrogen and oxygen atoms in total. The first-order chi connectivity index (χ1) is 7.55. The average Bonchev–Trinajstić information content (AvgIpc) is 2.21. The second-order valence-corrected chi connectivity index (χ2v) is 5.22. The van der Waals surface area contributed by atoms with Gasteiger partial charge in [0.1, 0.15) is 0 Å². The molecule has 0 aliphatic carbocycles. The average molecular weight is 286 g/mol. The zero-order valence-corrected chi connectivity index (χ0v) is 11.5. The Hall–Kier alpha value is -0.380. The minimum atomic E-state index is -0.647. The molecule has 1 rings (SSSR count). The molecule has 0 saturated heterocycles. The molecule has 16 heavy (non-hydrogen) atoms. The Kier molecular flexibility index (Phi) is 5.46. The maximum atomic E-state index is 10.3. The largest absolute Gasteiger partial charge is 0.390 e. The zero-order valence-electron chi connectivity index (χ0n) is 9.96. The van der Waals surface area contributed by atoms with Crippen molar-refractivity contribution in [2.45, 2.75) is 32.3 Å². The molecule has 1 aromatic carbocycles. The van der Waals surface area contributed by atoms with E-state index in [1.165, 1.54) is 0 Å². The van der Waals surface area contributed by atoms with Gasteiger partial charge in [0.05, 0.1) is 5.60 Å². The third-order valence-corrected chi connectivity index (χ3v) is 3.39. The Labute approximate surface area is 106 Å². The standard InChI is InChI=1S/C13H20BrNO/c1-3-15-9-8-13(2,16)10-11-6-4-5-7-12(11)14/h4-7,15-16H,3,8-10H2,1-2H3. The van der Waals surface area contributed by atoms with Gasteiger partial charge in [-0.3, -0.25) is 0 Å². The predicted molar refractivity (Wildman–Crippen MR) is 71.6 cm³/mol. The Balaban J connectivity index is 2.55. The number of hydrogen-bond acceptors (Lipinski definition) is 2. The number of halogens is 1. The van der Waals surface area contributed by atoms with Crippen molar-refractivity contribution in [3.63, 3.8) is 0 Å². The first-order valence-corrected chi connectivity index (χ1v) is 6.51. The van der Waals surface area contributed by atoms with E-state index in [4.69, 9.17) is 0 Å². The van der Waals surface area contributed by atoms with Crippen LogP contribution in [0.5, 0.6) is 0 Å². The fourth-order valence-corrected chi connectivity index (χ4v) is 2.10. The van der Waals surface area contributed by atoms with Gasteiger partial charge in [0.15, 0.2) is 0 Å². The van der Waals surface area contributed by atoms with Crippen molar-refractivity contribution >= 4 is 15.9 Å². The molecule has 0 bridgehead atoms. The molecular formula is C13H20BrNO. The minimum absolute atomic E-state index is 0.647. The summed E-state index contributed by atoms with van der Waals surface area (Å²) < 4.78 is 1.07. The molecule has 1 unspecified atom stereocenters. The fraction of sp³-hybridized carbons (Fsp3) is 0.538. The summed E-state index contributed by atoms with van der Waals surface area (Å²) in [5.74, 6) is 0. The maximum absolute atomic E-state index is 10.3. The van der Waals surface area contributed by atoms with E-state index in [0.29, 0.717) is 6.42 Å². The second kappa shape index (κ2) is 6.38. The number of rotatable bonds is 6. The van der Waals surface area contributed by atoms with Crippen molar-refractivity contribution in [1.29, 1.82) is 0 Å². The molecule has 0 aliphatic rings. The summed E-state index contributed by atoms with van der Waals surface area (Å²) in [4.78, 5) is 0. The van der Waals surface area contributed by atoms with Gasteiger partial charge < -0.3 is 10.4 Å². The van der Waals surface area contributed by atoms with Crippen LogP contribution in [0, 0.1) is 0 Å². The monoisotopic (exact) mass is 285 g/mol. The quantitative estimate of drug-likeness (QED) is 0.788. The Bertz CT molecular complexity index is 325. The van der Waals surface area contributed by atoms with Crippen LogP contribution in [0.15, 0.2) is 28.7 Å². The maximum Gasteiger partial charge on any atom is 0.0672 e. The molecule has 3 heteroatoms. The summed E-state index contributed by atoms with van der Waals surface area (Å²) >= 11 is 3.50. The van der Waals surface area contributed by atoms with Crippen molar-refractivity contribution in [1.82, 2.24) is 5.32 Å². The first kappa shape index (κ1) is 13.7. The molecule has 2 N–H and O–H groups in total. The molecule has 0 heterocycles. The summed E-state index contributed by atoms with van der Waals surface area (Å²) in [6.07, 6.45) is 1.45. The van der Waals surface area contributed by atoms with Crippen molar-refractivity contribution in [2.24, 2.45) is 0 Å². The predicted octanol–water partition coefficient (Wildman–Crippen LogP) is 2.74. The van der Waals surface area contributed by atoms with E-state index < -0.39 is 5.60 Å². The van der Waals surface area contributed by atoms with Gasteiger partial charge in [0, 0.05) is 10.9 Å². The lowest BCUT2D eigenvalue weighted by molar-refractivity contribution is 0.0515. The summed E-state index contributed by atoms with van der Waals surface area (Å²) in [6.45, 7) is 5.77. The van der Waals surface area contributed by atoms with Crippen LogP contribution in [-0.4, -0.2) is 23.8 Å². The van der Waals surface area contributed by atoms with Crippen LogP contribution < -0.4 is 5.32 Å². The second-order valence-electron chi connectivity index (χ2n) is 4.37. The van der Waals surface area contributed by atoms with Crippen LogP contribution in [0.25, 0.3) is 0 Å². The highest BCUT2D eigenvalue weighted by Gasteiger charge is 2.21. The van der Waals surface area contributed by atoms with Crippen LogP contribution in [0.4, 0.5) is 0 Å². The van der Waals surface area contributed by atoms with Gasteiger partial charge in [0.2, 0.25) is 0 Å². The van der Waals surface area contributed by atoms with E-state index in [0.717, 1.165) is 29.5 Å². The van der Waals surface area contributed by atoms with Gasteiger partial charge in [-0.2, -0.15) is 0 Å². The minimum Gasteiger partial charge on any atom is -0.390 e. The molecule has 0 spiro atoms. The number of aliphatic hydroxyl groups is 1. The van der Waals surface area contributed by atoms with E-state index in [-0.39, 0.29) is 0 Å². The topological polar surface area (TPSA) is 32.3 Å². The smallest absolute Gasteiger partial charge is 0.0672 e. The summed E-state index contributed by atoms with van der Waals surface area (Å²) in [7, 11) is 0. The van der Waals surface area contributed by atoms with Gasteiger partial charge in [-0.25, -0.2) is 0 Å². The van der Waals surface area contributed by atoms with Gasteiger partial charge >= 0.3 is 0 Å². The molecule has 0 saturated carbocycles. The van der Waals surface area contributed by atoms with Gasteiger partial charge in [0.25, 0.3) is 0 Å². The molecule has 0 radical (unpaired) electrons. The Morgan fingerprint density at radius 2 is 2.06 bits per heavy atom. The molecular weight excluding hydrogens is 266 g/mol. The number of nitrogens with one attached hydrogen (secondary N) is 1. The lowest BCUT2D eigenvalue weighted by atomic mass is 9.93. The third-order valence-electron chi connectivity index (χ3n) is 2.62. The number of hydrogen-bond donors (Lipinski definition) is 2. The van der Waals surface area contributed by atoms with E-state index in [2.05, 4.69) is 28.2 Å².